The zero-order valence-electron chi connectivity index (χ0n) is 11.6. The normalized spacial score (nSPS) is 12.0. The van der Waals surface area contributed by atoms with Crippen LogP contribution in [0.2, 0.25) is 10.0 Å². The van der Waals surface area contributed by atoms with Gasteiger partial charge in [-0.2, -0.15) is 0 Å². The topological polar surface area (TPSA) is 84.0 Å². The summed E-state index contributed by atoms with van der Waals surface area (Å²) >= 11 is 11.8. The van der Waals surface area contributed by atoms with Crippen LogP contribution in [0.3, 0.4) is 0 Å². The maximum Gasteiger partial charge on any atom is 0.328 e. The van der Waals surface area contributed by atoms with Crippen molar-refractivity contribution >= 4 is 29.1 Å². The van der Waals surface area contributed by atoms with Crippen molar-refractivity contribution in [1.82, 2.24) is 14.9 Å². The maximum atomic E-state index is 12.0. The second-order valence-electron chi connectivity index (χ2n) is 4.70. The molecule has 0 fully saturated rings. The first kappa shape index (κ1) is 16.3. The molecular weight excluding hydrogens is 329 g/mol. The number of halogens is 2. The van der Waals surface area contributed by atoms with E-state index in [-0.39, 0.29) is 18.5 Å². The standard InChI is InChI=1S/C14H13Cl2N3O3/c1-8(9-2-3-10(15)11(16)6-9)17-13(21)7-19-5-4-12(20)18-14(19)22/h2-6,8H,7H2,1H3,(H,17,21)(H,18,20,22)/t8-/m1/s1. The molecule has 0 saturated carbocycles. The fourth-order valence-corrected chi connectivity index (χ4v) is 2.18. The van der Waals surface area contributed by atoms with Gasteiger partial charge in [0.15, 0.2) is 0 Å². The summed E-state index contributed by atoms with van der Waals surface area (Å²) in [7, 11) is 0. The van der Waals surface area contributed by atoms with Gasteiger partial charge in [0.25, 0.3) is 5.56 Å². The summed E-state index contributed by atoms with van der Waals surface area (Å²) in [6, 6.07) is 5.94. The Morgan fingerprint density at radius 2 is 2.00 bits per heavy atom. The summed E-state index contributed by atoms with van der Waals surface area (Å²) in [4.78, 5) is 36.5. The molecule has 2 rings (SSSR count). The number of hydrogen-bond acceptors (Lipinski definition) is 3. The predicted octanol–water partition coefficient (Wildman–Crippen LogP) is 1.72. The number of hydrogen-bond donors (Lipinski definition) is 2. The average Bonchev–Trinajstić information content (AvgIpc) is 2.45. The van der Waals surface area contributed by atoms with Gasteiger partial charge in [-0.15, -0.1) is 0 Å². The highest BCUT2D eigenvalue weighted by atomic mass is 35.5. The van der Waals surface area contributed by atoms with E-state index in [1.165, 1.54) is 12.3 Å². The average molecular weight is 342 g/mol. The number of H-pyrrole nitrogens is 1. The van der Waals surface area contributed by atoms with Crippen LogP contribution in [0.4, 0.5) is 0 Å². The van der Waals surface area contributed by atoms with Crippen LogP contribution in [-0.2, 0) is 11.3 Å². The van der Waals surface area contributed by atoms with Gasteiger partial charge in [-0.1, -0.05) is 29.3 Å². The first-order valence-corrected chi connectivity index (χ1v) is 7.16. The van der Waals surface area contributed by atoms with Gasteiger partial charge in [-0.25, -0.2) is 4.79 Å². The lowest BCUT2D eigenvalue weighted by molar-refractivity contribution is -0.122. The Bertz CT molecular complexity index is 813. The van der Waals surface area contributed by atoms with Crippen LogP contribution in [0.1, 0.15) is 18.5 Å². The lowest BCUT2D eigenvalue weighted by atomic mass is 10.1. The molecule has 1 amide bonds. The maximum absolute atomic E-state index is 12.0. The summed E-state index contributed by atoms with van der Waals surface area (Å²) in [5.74, 6) is -0.368. The van der Waals surface area contributed by atoms with Gasteiger partial charge in [-0.3, -0.25) is 19.1 Å². The molecule has 0 aliphatic carbocycles. The number of nitrogens with zero attached hydrogens (tertiary/aromatic N) is 1. The third-order valence-electron chi connectivity index (χ3n) is 3.03. The van der Waals surface area contributed by atoms with Gasteiger partial charge in [-0.05, 0) is 24.6 Å². The second kappa shape index (κ2) is 6.81. The summed E-state index contributed by atoms with van der Waals surface area (Å²) in [6.07, 6.45) is 1.27. The van der Waals surface area contributed by atoms with Crippen molar-refractivity contribution in [3.63, 3.8) is 0 Å². The molecule has 0 spiro atoms. The lowest BCUT2D eigenvalue weighted by Crippen LogP contribution is -2.36. The van der Waals surface area contributed by atoms with E-state index < -0.39 is 11.2 Å². The smallest absolute Gasteiger partial charge is 0.328 e. The van der Waals surface area contributed by atoms with E-state index in [0.717, 1.165) is 10.1 Å². The van der Waals surface area contributed by atoms with E-state index in [9.17, 15) is 14.4 Å². The molecular formula is C14H13Cl2N3O3. The van der Waals surface area contributed by atoms with Crippen molar-refractivity contribution in [3.8, 4) is 0 Å². The highest BCUT2D eigenvalue weighted by Gasteiger charge is 2.12. The van der Waals surface area contributed by atoms with Crippen LogP contribution in [0, 0.1) is 0 Å². The van der Waals surface area contributed by atoms with Crippen molar-refractivity contribution in [2.75, 3.05) is 0 Å². The molecule has 0 bridgehead atoms. The van der Waals surface area contributed by atoms with Crippen LogP contribution in [0.15, 0.2) is 40.1 Å². The highest BCUT2D eigenvalue weighted by Crippen LogP contribution is 2.25. The van der Waals surface area contributed by atoms with Crippen molar-refractivity contribution in [3.05, 3.63) is 66.9 Å². The van der Waals surface area contributed by atoms with Crippen LogP contribution in [0.25, 0.3) is 0 Å². The molecule has 2 N–H and O–H groups in total. The molecule has 0 aliphatic heterocycles. The number of aromatic amines is 1. The molecule has 1 aromatic heterocycles. The van der Waals surface area contributed by atoms with Crippen molar-refractivity contribution in [2.24, 2.45) is 0 Å². The molecule has 1 atom stereocenters. The van der Waals surface area contributed by atoms with Crippen LogP contribution in [0.5, 0.6) is 0 Å². The number of aromatic nitrogens is 2. The van der Waals surface area contributed by atoms with Gasteiger partial charge in [0.1, 0.15) is 6.54 Å². The molecule has 0 saturated heterocycles. The minimum Gasteiger partial charge on any atom is -0.348 e. The van der Waals surface area contributed by atoms with Gasteiger partial charge in [0.05, 0.1) is 16.1 Å². The molecule has 8 heteroatoms. The molecule has 1 aromatic carbocycles. The Morgan fingerprint density at radius 1 is 1.27 bits per heavy atom. The number of carbonyl (C=O) groups is 1. The number of rotatable bonds is 4. The number of benzene rings is 1. The SMILES string of the molecule is C[C@@H](NC(=O)Cn1ccc(=O)[nH]c1=O)c1ccc(Cl)c(Cl)c1. The third-order valence-corrected chi connectivity index (χ3v) is 3.77. The molecule has 0 radical (unpaired) electrons. The van der Waals surface area contributed by atoms with Crippen LogP contribution >= 0.6 is 23.2 Å². The van der Waals surface area contributed by atoms with Crippen LogP contribution in [-0.4, -0.2) is 15.5 Å². The quantitative estimate of drug-likeness (QED) is 0.887. The Kier molecular flexibility index (Phi) is 5.05. The van der Waals surface area contributed by atoms with Gasteiger partial charge in [0, 0.05) is 12.3 Å². The van der Waals surface area contributed by atoms with Crippen molar-refractivity contribution < 1.29 is 4.79 Å². The molecule has 0 unspecified atom stereocenters. The first-order valence-electron chi connectivity index (χ1n) is 6.41. The molecule has 1 heterocycles. The third kappa shape index (κ3) is 3.99. The van der Waals surface area contributed by atoms with E-state index in [1.807, 2.05) is 0 Å². The summed E-state index contributed by atoms with van der Waals surface area (Å²) < 4.78 is 1.11. The van der Waals surface area contributed by atoms with E-state index in [0.29, 0.717) is 10.0 Å². The van der Waals surface area contributed by atoms with E-state index >= 15 is 0 Å². The molecule has 116 valence electrons. The summed E-state index contributed by atoms with van der Waals surface area (Å²) in [6.45, 7) is 1.59. The van der Waals surface area contributed by atoms with Crippen molar-refractivity contribution in [1.29, 1.82) is 0 Å². The summed E-state index contributed by atoms with van der Waals surface area (Å²) in [5.41, 5.74) is -0.354. The number of nitrogens with one attached hydrogen (secondary N) is 2. The minimum atomic E-state index is -0.634. The first-order chi connectivity index (χ1) is 10.4. The fraction of sp³-hybridized carbons (Fsp3) is 0.214. The number of amides is 1. The fourth-order valence-electron chi connectivity index (χ4n) is 1.88. The molecule has 22 heavy (non-hydrogen) atoms. The molecule has 6 nitrogen and oxygen atoms in total. The Labute approximate surface area is 135 Å². The highest BCUT2D eigenvalue weighted by molar-refractivity contribution is 6.42. The van der Waals surface area contributed by atoms with Crippen molar-refractivity contribution in [2.45, 2.75) is 19.5 Å². The number of carbonyl (C=O) groups excluding carboxylic acids is 1. The summed E-state index contributed by atoms with van der Waals surface area (Å²) in [5, 5.41) is 3.57. The van der Waals surface area contributed by atoms with E-state index in [4.69, 9.17) is 23.2 Å². The Hall–Kier alpha value is -2.05. The van der Waals surface area contributed by atoms with E-state index in [2.05, 4.69) is 10.3 Å². The van der Waals surface area contributed by atoms with Gasteiger partial charge in [0.2, 0.25) is 5.91 Å². The molecule has 0 aliphatic rings. The van der Waals surface area contributed by atoms with Crippen LogP contribution < -0.4 is 16.6 Å². The lowest BCUT2D eigenvalue weighted by Gasteiger charge is -2.15. The van der Waals surface area contributed by atoms with Gasteiger partial charge < -0.3 is 5.32 Å². The van der Waals surface area contributed by atoms with E-state index in [1.54, 1.807) is 25.1 Å². The zero-order valence-corrected chi connectivity index (χ0v) is 13.1. The van der Waals surface area contributed by atoms with Gasteiger partial charge >= 0.3 is 5.69 Å². The predicted molar refractivity (Wildman–Crippen MR) is 84.3 cm³/mol. The second-order valence-corrected chi connectivity index (χ2v) is 5.52. The minimum absolute atomic E-state index is 0.193. The zero-order chi connectivity index (χ0) is 16.3. The largest absolute Gasteiger partial charge is 0.348 e. The molecule has 2 aromatic rings. The Morgan fingerprint density at radius 3 is 2.64 bits per heavy atom. The monoisotopic (exact) mass is 341 g/mol. The Balaban J connectivity index is 2.06.